The molecular formula is C18H17N5O3. The number of benzene rings is 2. The molecule has 0 aliphatic heterocycles. The van der Waals surface area contributed by atoms with Crippen LogP contribution in [-0.2, 0) is 11.2 Å². The molecule has 0 saturated heterocycles. The Labute approximate surface area is 149 Å². The maximum Gasteiger partial charge on any atom is 0.269 e. The number of hydrogen-bond acceptors (Lipinski definition) is 5. The molecule has 0 saturated carbocycles. The van der Waals surface area contributed by atoms with E-state index in [2.05, 4.69) is 15.4 Å². The molecule has 3 aromatic rings. The summed E-state index contributed by atoms with van der Waals surface area (Å²) >= 11 is 0. The lowest BCUT2D eigenvalue weighted by molar-refractivity contribution is -0.384. The topological polar surface area (TPSA) is 103 Å². The van der Waals surface area contributed by atoms with Crippen LogP contribution in [0.5, 0.6) is 0 Å². The molecule has 26 heavy (non-hydrogen) atoms. The molecule has 0 spiro atoms. The zero-order valence-electron chi connectivity index (χ0n) is 14.1. The van der Waals surface area contributed by atoms with Gasteiger partial charge < -0.3 is 5.32 Å². The molecule has 132 valence electrons. The summed E-state index contributed by atoms with van der Waals surface area (Å²) in [5, 5.41) is 17.6. The molecule has 0 fully saturated rings. The average molecular weight is 351 g/mol. The summed E-state index contributed by atoms with van der Waals surface area (Å²) in [6.45, 7) is 1.90. The molecule has 1 aromatic heterocycles. The number of carbonyl (C=O) groups excluding carboxylic acids is 1. The molecular weight excluding hydrogens is 334 g/mol. The van der Waals surface area contributed by atoms with Crippen LogP contribution in [0.4, 0.5) is 5.69 Å². The highest BCUT2D eigenvalue weighted by Crippen LogP contribution is 2.16. The van der Waals surface area contributed by atoms with Gasteiger partial charge in [0.15, 0.2) is 0 Å². The first kappa shape index (κ1) is 17.3. The number of amides is 1. The predicted octanol–water partition coefficient (Wildman–Crippen LogP) is 2.60. The van der Waals surface area contributed by atoms with Crippen LogP contribution in [0, 0.1) is 10.1 Å². The third kappa shape index (κ3) is 4.10. The Balaban J connectivity index is 1.59. The minimum Gasteiger partial charge on any atom is -0.349 e. The van der Waals surface area contributed by atoms with Crippen molar-refractivity contribution in [2.45, 2.75) is 19.4 Å². The van der Waals surface area contributed by atoms with Crippen molar-refractivity contribution in [3.05, 3.63) is 82.4 Å². The summed E-state index contributed by atoms with van der Waals surface area (Å²) in [6, 6.07) is 13.5. The number of hydrogen-bond donors (Lipinski definition) is 1. The Morgan fingerprint density at radius 3 is 2.46 bits per heavy atom. The van der Waals surface area contributed by atoms with E-state index in [1.54, 1.807) is 23.1 Å². The van der Waals surface area contributed by atoms with Crippen molar-refractivity contribution in [3.8, 4) is 5.69 Å². The first-order valence-corrected chi connectivity index (χ1v) is 8.00. The van der Waals surface area contributed by atoms with Crippen LogP contribution in [0.1, 0.15) is 24.1 Å². The normalized spacial score (nSPS) is 11.7. The lowest BCUT2D eigenvalue weighted by Crippen LogP contribution is -2.28. The smallest absolute Gasteiger partial charge is 0.269 e. The van der Waals surface area contributed by atoms with Crippen molar-refractivity contribution in [1.29, 1.82) is 0 Å². The van der Waals surface area contributed by atoms with Crippen LogP contribution in [-0.4, -0.2) is 25.6 Å². The lowest BCUT2D eigenvalue weighted by Gasteiger charge is -2.15. The maximum atomic E-state index is 12.2. The second-order valence-corrected chi connectivity index (χ2v) is 5.82. The van der Waals surface area contributed by atoms with Gasteiger partial charge in [0.05, 0.1) is 23.1 Å². The van der Waals surface area contributed by atoms with E-state index in [-0.39, 0.29) is 24.1 Å². The molecule has 0 radical (unpaired) electrons. The Morgan fingerprint density at radius 2 is 1.88 bits per heavy atom. The van der Waals surface area contributed by atoms with E-state index >= 15 is 0 Å². The van der Waals surface area contributed by atoms with E-state index in [0.29, 0.717) is 0 Å². The number of aromatic nitrogens is 3. The van der Waals surface area contributed by atoms with Crippen LogP contribution in [0.3, 0.4) is 0 Å². The third-order valence-electron chi connectivity index (χ3n) is 3.97. The van der Waals surface area contributed by atoms with E-state index < -0.39 is 4.92 Å². The van der Waals surface area contributed by atoms with Crippen LogP contribution in [0.15, 0.2) is 61.2 Å². The summed E-state index contributed by atoms with van der Waals surface area (Å²) in [5.74, 6) is -0.147. The maximum absolute atomic E-state index is 12.2. The van der Waals surface area contributed by atoms with E-state index in [1.165, 1.54) is 18.5 Å². The molecule has 2 aromatic carbocycles. The number of rotatable bonds is 6. The minimum atomic E-state index is -0.463. The van der Waals surface area contributed by atoms with Crippen LogP contribution < -0.4 is 5.32 Å². The number of nitro benzene ring substituents is 1. The van der Waals surface area contributed by atoms with Gasteiger partial charge in [-0.05, 0) is 30.2 Å². The average Bonchev–Trinajstić information content (AvgIpc) is 3.17. The fraction of sp³-hybridized carbons (Fsp3) is 0.167. The third-order valence-corrected chi connectivity index (χ3v) is 3.97. The number of nitrogens with one attached hydrogen (secondary N) is 1. The first-order chi connectivity index (χ1) is 12.5. The van der Waals surface area contributed by atoms with E-state index in [4.69, 9.17) is 0 Å². The van der Waals surface area contributed by atoms with Gasteiger partial charge in [-0.1, -0.05) is 24.3 Å². The molecule has 1 N–H and O–H groups in total. The van der Waals surface area contributed by atoms with Gasteiger partial charge in [0, 0.05) is 12.1 Å². The summed E-state index contributed by atoms with van der Waals surface area (Å²) in [7, 11) is 0. The monoisotopic (exact) mass is 351 g/mol. The van der Waals surface area contributed by atoms with Crippen molar-refractivity contribution in [3.63, 3.8) is 0 Å². The quantitative estimate of drug-likeness (QED) is 0.543. The van der Waals surface area contributed by atoms with Gasteiger partial charge in [-0.15, -0.1) is 0 Å². The van der Waals surface area contributed by atoms with Crippen LogP contribution in [0.2, 0.25) is 0 Å². The van der Waals surface area contributed by atoms with Gasteiger partial charge in [-0.3, -0.25) is 14.9 Å². The predicted molar refractivity (Wildman–Crippen MR) is 94.7 cm³/mol. The minimum absolute atomic E-state index is 0.00926. The SMILES string of the molecule is CC(NC(=O)Cc1ccc([N+](=O)[O-])cc1)c1ccc(-n2cncn2)cc1. The summed E-state index contributed by atoms with van der Waals surface area (Å²) < 4.78 is 1.65. The highest BCUT2D eigenvalue weighted by molar-refractivity contribution is 5.79. The standard InChI is InChI=1S/C18H17N5O3/c1-13(15-4-8-16(9-5-15)22-12-19-11-20-22)21-18(24)10-14-2-6-17(7-3-14)23(25)26/h2-9,11-13H,10H2,1H3,(H,21,24). The highest BCUT2D eigenvalue weighted by atomic mass is 16.6. The Hall–Kier alpha value is -3.55. The molecule has 0 aliphatic carbocycles. The molecule has 1 amide bonds. The van der Waals surface area contributed by atoms with Gasteiger partial charge >= 0.3 is 0 Å². The van der Waals surface area contributed by atoms with Crippen LogP contribution >= 0.6 is 0 Å². The van der Waals surface area contributed by atoms with Gasteiger partial charge in [0.25, 0.3) is 5.69 Å². The van der Waals surface area contributed by atoms with Crippen molar-refractivity contribution >= 4 is 11.6 Å². The second-order valence-electron chi connectivity index (χ2n) is 5.82. The first-order valence-electron chi connectivity index (χ1n) is 8.00. The Morgan fingerprint density at radius 1 is 1.19 bits per heavy atom. The van der Waals surface area contributed by atoms with Gasteiger partial charge in [-0.2, -0.15) is 5.10 Å². The molecule has 0 aliphatic rings. The number of nitro groups is 1. The molecule has 1 unspecified atom stereocenters. The zero-order chi connectivity index (χ0) is 18.5. The van der Waals surface area contributed by atoms with Gasteiger partial charge in [-0.25, -0.2) is 9.67 Å². The Kier molecular flexibility index (Phi) is 5.02. The molecule has 1 atom stereocenters. The molecule has 8 nitrogen and oxygen atoms in total. The fourth-order valence-electron chi connectivity index (χ4n) is 2.55. The molecule has 1 heterocycles. The molecule has 0 bridgehead atoms. The highest BCUT2D eigenvalue weighted by Gasteiger charge is 2.12. The van der Waals surface area contributed by atoms with Crippen molar-refractivity contribution in [2.24, 2.45) is 0 Å². The van der Waals surface area contributed by atoms with Gasteiger partial charge in [0.2, 0.25) is 5.91 Å². The van der Waals surface area contributed by atoms with E-state index in [0.717, 1.165) is 16.8 Å². The fourth-order valence-corrected chi connectivity index (χ4v) is 2.55. The largest absolute Gasteiger partial charge is 0.349 e. The summed E-state index contributed by atoms with van der Waals surface area (Å²) in [5.41, 5.74) is 2.58. The van der Waals surface area contributed by atoms with Crippen molar-refractivity contribution in [2.75, 3.05) is 0 Å². The summed E-state index contributed by atoms with van der Waals surface area (Å²) in [6.07, 6.45) is 3.25. The van der Waals surface area contributed by atoms with E-state index in [9.17, 15) is 14.9 Å². The molecule has 8 heteroatoms. The number of nitrogens with zero attached hydrogens (tertiary/aromatic N) is 4. The van der Waals surface area contributed by atoms with Crippen molar-refractivity contribution < 1.29 is 9.72 Å². The van der Waals surface area contributed by atoms with Gasteiger partial charge in [0.1, 0.15) is 12.7 Å². The lowest BCUT2D eigenvalue weighted by atomic mass is 10.1. The van der Waals surface area contributed by atoms with Crippen LogP contribution in [0.25, 0.3) is 5.69 Å². The summed E-state index contributed by atoms with van der Waals surface area (Å²) in [4.78, 5) is 26.3. The van der Waals surface area contributed by atoms with Crippen molar-refractivity contribution in [1.82, 2.24) is 20.1 Å². The number of non-ortho nitro benzene ring substituents is 1. The molecule has 3 rings (SSSR count). The zero-order valence-corrected chi connectivity index (χ0v) is 14.1. The van der Waals surface area contributed by atoms with E-state index in [1.807, 2.05) is 31.2 Å². The number of carbonyl (C=O) groups is 1. The Bertz CT molecular complexity index is 890. The second kappa shape index (κ2) is 7.56.